The Bertz CT molecular complexity index is 282. The first-order valence-electron chi connectivity index (χ1n) is 6.67. The van der Waals surface area contributed by atoms with Gasteiger partial charge in [-0.3, -0.25) is 4.79 Å². The summed E-state index contributed by atoms with van der Waals surface area (Å²) in [5, 5.41) is 8.55. The average Bonchev–Trinajstić information content (AvgIpc) is 2.34. The van der Waals surface area contributed by atoms with Crippen molar-refractivity contribution in [3.8, 4) is 0 Å². The molecule has 0 aromatic carbocycles. The van der Waals surface area contributed by atoms with Crippen molar-refractivity contribution in [1.29, 1.82) is 0 Å². The van der Waals surface area contributed by atoms with Crippen LogP contribution in [0.1, 0.15) is 65.2 Å². The van der Waals surface area contributed by atoms with Crippen LogP contribution in [-0.2, 0) is 14.3 Å². The van der Waals surface area contributed by atoms with Crippen molar-refractivity contribution >= 4 is 11.9 Å². The average molecular weight is 256 g/mol. The van der Waals surface area contributed by atoms with E-state index in [0.29, 0.717) is 6.42 Å². The highest BCUT2D eigenvalue weighted by atomic mass is 16.5. The molecule has 0 amide bonds. The number of unbranched alkanes of at least 4 members (excludes halogenated alkanes) is 6. The van der Waals surface area contributed by atoms with Gasteiger partial charge in [0.25, 0.3) is 0 Å². The Morgan fingerprint density at radius 1 is 1.06 bits per heavy atom. The molecule has 0 saturated heterocycles. The van der Waals surface area contributed by atoms with E-state index in [9.17, 15) is 9.59 Å². The number of carboxylic acids is 1. The zero-order chi connectivity index (χ0) is 13.8. The maximum absolute atomic E-state index is 11.2. The van der Waals surface area contributed by atoms with E-state index in [2.05, 4.69) is 6.92 Å². The van der Waals surface area contributed by atoms with Crippen LogP contribution in [0.3, 0.4) is 0 Å². The number of esters is 1. The molecule has 0 fully saturated rings. The van der Waals surface area contributed by atoms with Crippen LogP contribution in [0, 0.1) is 0 Å². The third kappa shape index (κ3) is 9.87. The smallest absolute Gasteiger partial charge is 0.334 e. The minimum atomic E-state index is -1.07. The highest BCUT2D eigenvalue weighted by Gasteiger charge is 2.04. The fourth-order valence-corrected chi connectivity index (χ4v) is 1.49. The topological polar surface area (TPSA) is 63.6 Å². The summed E-state index contributed by atoms with van der Waals surface area (Å²) in [6.45, 7) is 3.58. The molecule has 0 spiro atoms. The molecule has 0 radical (unpaired) electrons. The molecule has 0 atom stereocenters. The molecule has 0 unspecified atom stereocenters. The van der Waals surface area contributed by atoms with Crippen LogP contribution in [0.2, 0.25) is 0 Å². The van der Waals surface area contributed by atoms with Gasteiger partial charge in [-0.2, -0.15) is 0 Å². The maximum atomic E-state index is 11.2. The van der Waals surface area contributed by atoms with Crippen LogP contribution < -0.4 is 0 Å². The zero-order valence-corrected chi connectivity index (χ0v) is 11.4. The standard InChI is InChI=1S/C14H24O4/c1-3-4-5-6-7-8-9-10-13(15)18-11-12(2)14(16)17/h11H,3-10H2,1-2H3,(H,16,17). The number of aliphatic carboxylic acids is 1. The lowest BCUT2D eigenvalue weighted by molar-refractivity contribution is -0.138. The van der Waals surface area contributed by atoms with Crippen molar-refractivity contribution in [3.63, 3.8) is 0 Å². The maximum Gasteiger partial charge on any atom is 0.334 e. The summed E-state index contributed by atoms with van der Waals surface area (Å²) in [6, 6.07) is 0. The molecule has 0 aromatic heterocycles. The van der Waals surface area contributed by atoms with E-state index < -0.39 is 5.97 Å². The van der Waals surface area contributed by atoms with Gasteiger partial charge in [0, 0.05) is 6.42 Å². The molecule has 0 aliphatic carbocycles. The fraction of sp³-hybridized carbons (Fsp3) is 0.714. The minimum absolute atomic E-state index is 0.0305. The molecule has 0 aliphatic heterocycles. The first kappa shape index (κ1) is 16.7. The van der Waals surface area contributed by atoms with Gasteiger partial charge < -0.3 is 9.84 Å². The molecule has 1 N–H and O–H groups in total. The Kier molecular flexibility index (Phi) is 10.0. The molecule has 18 heavy (non-hydrogen) atoms. The van der Waals surface area contributed by atoms with Gasteiger partial charge in [-0.15, -0.1) is 0 Å². The number of carboxylic acid groups (broad SMARTS) is 1. The molecule has 0 aromatic rings. The molecule has 0 rings (SSSR count). The first-order valence-corrected chi connectivity index (χ1v) is 6.67. The van der Waals surface area contributed by atoms with Crippen LogP contribution in [0.4, 0.5) is 0 Å². The van der Waals surface area contributed by atoms with Crippen LogP contribution >= 0.6 is 0 Å². The van der Waals surface area contributed by atoms with Crippen LogP contribution in [0.25, 0.3) is 0 Å². The summed E-state index contributed by atoms with van der Waals surface area (Å²) >= 11 is 0. The number of carbonyl (C=O) groups is 2. The fourth-order valence-electron chi connectivity index (χ4n) is 1.49. The van der Waals surface area contributed by atoms with Gasteiger partial charge in [0.2, 0.25) is 0 Å². The van der Waals surface area contributed by atoms with Gasteiger partial charge in [0.15, 0.2) is 0 Å². The predicted octanol–water partition coefficient (Wildman–Crippen LogP) is 3.66. The lowest BCUT2D eigenvalue weighted by Gasteiger charge is -2.01. The Morgan fingerprint density at radius 3 is 2.17 bits per heavy atom. The molecule has 4 heteroatoms. The number of carbonyl (C=O) groups excluding carboxylic acids is 1. The van der Waals surface area contributed by atoms with E-state index in [1.807, 2.05) is 0 Å². The quantitative estimate of drug-likeness (QED) is 0.280. The number of hydrogen-bond acceptors (Lipinski definition) is 3. The predicted molar refractivity (Wildman–Crippen MR) is 70.1 cm³/mol. The van der Waals surface area contributed by atoms with Gasteiger partial charge in [-0.25, -0.2) is 4.79 Å². The number of hydrogen-bond donors (Lipinski definition) is 1. The Hall–Kier alpha value is -1.32. The van der Waals surface area contributed by atoms with Crippen molar-refractivity contribution in [2.75, 3.05) is 0 Å². The van der Waals surface area contributed by atoms with E-state index in [4.69, 9.17) is 9.84 Å². The molecule has 0 aliphatic rings. The summed E-state index contributed by atoms with van der Waals surface area (Å²) < 4.78 is 4.73. The summed E-state index contributed by atoms with van der Waals surface area (Å²) in [6.07, 6.45) is 9.36. The highest BCUT2D eigenvalue weighted by Crippen LogP contribution is 2.09. The van der Waals surface area contributed by atoms with E-state index >= 15 is 0 Å². The van der Waals surface area contributed by atoms with Gasteiger partial charge in [0.1, 0.15) is 6.26 Å². The summed E-state index contributed by atoms with van der Waals surface area (Å²) in [7, 11) is 0. The van der Waals surface area contributed by atoms with Gasteiger partial charge in [0.05, 0.1) is 5.57 Å². The second kappa shape index (κ2) is 10.8. The van der Waals surface area contributed by atoms with Crippen molar-refractivity contribution < 1.29 is 19.4 Å². The second-order valence-corrected chi connectivity index (χ2v) is 4.47. The molecule has 0 heterocycles. The van der Waals surface area contributed by atoms with Crippen molar-refractivity contribution in [2.24, 2.45) is 0 Å². The van der Waals surface area contributed by atoms with E-state index in [1.54, 1.807) is 0 Å². The summed E-state index contributed by atoms with van der Waals surface area (Å²) in [4.78, 5) is 21.7. The highest BCUT2D eigenvalue weighted by molar-refractivity contribution is 5.85. The zero-order valence-electron chi connectivity index (χ0n) is 11.4. The van der Waals surface area contributed by atoms with Crippen LogP contribution in [0.5, 0.6) is 0 Å². The lowest BCUT2D eigenvalue weighted by atomic mass is 10.1. The van der Waals surface area contributed by atoms with E-state index in [1.165, 1.54) is 32.6 Å². The third-order valence-corrected chi connectivity index (χ3v) is 2.69. The number of rotatable bonds is 10. The van der Waals surface area contributed by atoms with Gasteiger partial charge >= 0.3 is 11.9 Å². The minimum Gasteiger partial charge on any atom is -0.478 e. The molecule has 0 saturated carbocycles. The SMILES string of the molecule is CCCCCCCCCC(=O)OC=C(C)C(=O)O. The lowest BCUT2D eigenvalue weighted by Crippen LogP contribution is -2.02. The van der Waals surface area contributed by atoms with Crippen molar-refractivity contribution in [2.45, 2.75) is 65.2 Å². The van der Waals surface area contributed by atoms with Gasteiger partial charge in [-0.05, 0) is 13.3 Å². The van der Waals surface area contributed by atoms with Crippen molar-refractivity contribution in [1.82, 2.24) is 0 Å². The Labute approximate surface area is 109 Å². The van der Waals surface area contributed by atoms with Gasteiger partial charge in [-0.1, -0.05) is 45.4 Å². The monoisotopic (exact) mass is 256 g/mol. The molecule has 0 bridgehead atoms. The first-order chi connectivity index (χ1) is 8.57. The Balaban J connectivity index is 3.48. The van der Waals surface area contributed by atoms with Crippen LogP contribution in [-0.4, -0.2) is 17.0 Å². The van der Waals surface area contributed by atoms with E-state index in [-0.39, 0.29) is 11.5 Å². The number of ether oxygens (including phenoxy) is 1. The van der Waals surface area contributed by atoms with Crippen LogP contribution in [0.15, 0.2) is 11.8 Å². The summed E-state index contributed by atoms with van der Waals surface area (Å²) in [5.41, 5.74) is 0.0305. The molecular weight excluding hydrogens is 232 g/mol. The molecule has 104 valence electrons. The largest absolute Gasteiger partial charge is 0.478 e. The third-order valence-electron chi connectivity index (χ3n) is 2.69. The summed E-state index contributed by atoms with van der Waals surface area (Å²) in [5.74, 6) is -1.43. The molecule has 4 nitrogen and oxygen atoms in total. The van der Waals surface area contributed by atoms with E-state index in [0.717, 1.165) is 25.5 Å². The molecular formula is C14H24O4. The Morgan fingerprint density at radius 2 is 1.61 bits per heavy atom. The normalized spacial score (nSPS) is 11.3. The van der Waals surface area contributed by atoms with Crippen molar-refractivity contribution in [3.05, 3.63) is 11.8 Å². The second-order valence-electron chi connectivity index (χ2n) is 4.47.